The van der Waals surface area contributed by atoms with Crippen molar-refractivity contribution < 1.29 is 4.74 Å². The normalized spacial score (nSPS) is 10.6. The van der Waals surface area contributed by atoms with Crippen LogP contribution in [-0.2, 0) is 13.0 Å². The van der Waals surface area contributed by atoms with Gasteiger partial charge in [-0.2, -0.15) is 0 Å². The van der Waals surface area contributed by atoms with Gasteiger partial charge in [0.05, 0.1) is 4.34 Å². The molecule has 0 atom stereocenters. The second-order valence-electron chi connectivity index (χ2n) is 4.23. The van der Waals surface area contributed by atoms with E-state index >= 15 is 0 Å². The summed E-state index contributed by atoms with van der Waals surface area (Å²) in [5, 5.41) is 3.33. The Morgan fingerprint density at radius 3 is 2.58 bits per heavy atom. The zero-order valence-corrected chi connectivity index (χ0v) is 12.6. The zero-order valence-electron chi connectivity index (χ0n) is 11.0. The summed E-state index contributed by atoms with van der Waals surface area (Å²) in [6, 6.07) is 12.2. The average Bonchev–Trinajstić information content (AvgIpc) is 2.85. The van der Waals surface area contributed by atoms with Crippen molar-refractivity contribution in [2.75, 3.05) is 13.2 Å². The molecule has 0 amide bonds. The van der Waals surface area contributed by atoms with Gasteiger partial charge >= 0.3 is 0 Å². The lowest BCUT2D eigenvalue weighted by molar-refractivity contribution is 0.314. The first-order valence-corrected chi connectivity index (χ1v) is 7.64. The fourth-order valence-corrected chi connectivity index (χ4v) is 2.78. The molecule has 0 saturated heterocycles. The molecule has 0 fully saturated rings. The Balaban J connectivity index is 1.63. The lowest BCUT2D eigenvalue weighted by Gasteiger charge is -2.07. The summed E-state index contributed by atoms with van der Waals surface area (Å²) in [4.78, 5) is 1.25. The van der Waals surface area contributed by atoms with Crippen molar-refractivity contribution in [3.8, 4) is 5.75 Å². The van der Waals surface area contributed by atoms with Crippen LogP contribution in [0.2, 0.25) is 4.34 Å². The highest BCUT2D eigenvalue weighted by molar-refractivity contribution is 7.16. The molecule has 1 aromatic heterocycles. The van der Waals surface area contributed by atoms with E-state index in [-0.39, 0.29) is 0 Å². The summed E-state index contributed by atoms with van der Waals surface area (Å²) in [7, 11) is 0. The molecule has 0 unspecified atom stereocenters. The predicted molar refractivity (Wildman–Crippen MR) is 82.4 cm³/mol. The highest BCUT2D eigenvalue weighted by Gasteiger charge is 1.98. The number of ether oxygens (including phenoxy) is 1. The van der Waals surface area contributed by atoms with Gasteiger partial charge in [0.25, 0.3) is 0 Å². The van der Waals surface area contributed by atoms with Gasteiger partial charge in [0.15, 0.2) is 0 Å². The molecule has 0 bridgehead atoms. The van der Waals surface area contributed by atoms with Gasteiger partial charge in [-0.15, -0.1) is 11.3 Å². The van der Waals surface area contributed by atoms with Gasteiger partial charge in [0, 0.05) is 18.0 Å². The van der Waals surface area contributed by atoms with Crippen molar-refractivity contribution in [1.29, 1.82) is 0 Å². The largest absolute Gasteiger partial charge is 0.492 e. The highest BCUT2D eigenvalue weighted by Crippen LogP contribution is 2.20. The summed E-state index contributed by atoms with van der Waals surface area (Å²) in [5.41, 5.74) is 1.33. The van der Waals surface area contributed by atoms with E-state index in [9.17, 15) is 0 Å². The molecule has 102 valence electrons. The Kier molecular flexibility index (Phi) is 5.70. The Bertz CT molecular complexity index is 495. The van der Waals surface area contributed by atoms with Gasteiger partial charge in [-0.05, 0) is 36.2 Å². The van der Waals surface area contributed by atoms with Crippen molar-refractivity contribution in [2.24, 2.45) is 0 Å². The molecule has 0 aliphatic rings. The molecule has 0 aliphatic heterocycles. The lowest BCUT2D eigenvalue weighted by Crippen LogP contribution is -2.20. The minimum Gasteiger partial charge on any atom is -0.492 e. The Morgan fingerprint density at radius 1 is 1.16 bits per heavy atom. The molecule has 1 aromatic carbocycles. The van der Waals surface area contributed by atoms with Crippen LogP contribution in [0, 0.1) is 0 Å². The number of nitrogens with one attached hydrogen (secondary N) is 1. The van der Waals surface area contributed by atoms with Crippen LogP contribution < -0.4 is 10.1 Å². The third kappa shape index (κ3) is 4.86. The molecule has 4 heteroatoms. The molecule has 2 rings (SSSR count). The first-order chi connectivity index (χ1) is 9.28. The quantitative estimate of drug-likeness (QED) is 0.776. The molecule has 2 aromatic rings. The van der Waals surface area contributed by atoms with E-state index in [0.717, 1.165) is 29.6 Å². The van der Waals surface area contributed by atoms with E-state index in [1.165, 1.54) is 10.4 Å². The molecule has 2 nitrogen and oxygen atoms in total. The summed E-state index contributed by atoms with van der Waals surface area (Å²) in [5.74, 6) is 0.929. The summed E-state index contributed by atoms with van der Waals surface area (Å²) in [6.07, 6.45) is 1.06. The number of thiophene rings is 1. The van der Waals surface area contributed by atoms with E-state index in [4.69, 9.17) is 16.3 Å². The van der Waals surface area contributed by atoms with Gasteiger partial charge < -0.3 is 10.1 Å². The van der Waals surface area contributed by atoms with Gasteiger partial charge in [-0.1, -0.05) is 30.7 Å². The summed E-state index contributed by atoms with van der Waals surface area (Å²) in [6.45, 7) is 4.49. The van der Waals surface area contributed by atoms with Crippen LogP contribution in [0.5, 0.6) is 5.75 Å². The summed E-state index contributed by atoms with van der Waals surface area (Å²) >= 11 is 7.48. The van der Waals surface area contributed by atoms with Crippen LogP contribution in [0.15, 0.2) is 36.4 Å². The molecular formula is C15H18ClNOS. The van der Waals surface area contributed by atoms with Crippen LogP contribution in [0.25, 0.3) is 0 Å². The monoisotopic (exact) mass is 295 g/mol. The number of hydrogen-bond acceptors (Lipinski definition) is 3. The van der Waals surface area contributed by atoms with Crippen molar-refractivity contribution in [1.82, 2.24) is 5.32 Å². The minimum atomic E-state index is 0.671. The van der Waals surface area contributed by atoms with E-state index in [0.29, 0.717) is 6.61 Å². The molecule has 0 aliphatic carbocycles. The predicted octanol–water partition coefficient (Wildman–Crippen LogP) is 4.13. The maximum Gasteiger partial charge on any atom is 0.119 e. The van der Waals surface area contributed by atoms with Gasteiger partial charge in [0.2, 0.25) is 0 Å². The zero-order chi connectivity index (χ0) is 13.5. The Labute approximate surface area is 123 Å². The second-order valence-corrected chi connectivity index (χ2v) is 6.03. The van der Waals surface area contributed by atoms with E-state index in [2.05, 4.69) is 24.4 Å². The number of halogens is 1. The van der Waals surface area contributed by atoms with E-state index < -0.39 is 0 Å². The number of rotatable bonds is 7. The van der Waals surface area contributed by atoms with E-state index in [1.807, 2.05) is 24.3 Å². The minimum absolute atomic E-state index is 0.671. The lowest BCUT2D eigenvalue weighted by atomic mass is 10.2. The molecule has 0 spiro atoms. The number of benzene rings is 1. The molecule has 19 heavy (non-hydrogen) atoms. The maximum absolute atomic E-state index is 5.87. The molecule has 0 saturated carbocycles. The fraction of sp³-hybridized carbons (Fsp3) is 0.333. The smallest absolute Gasteiger partial charge is 0.119 e. The van der Waals surface area contributed by atoms with Crippen molar-refractivity contribution in [3.05, 3.63) is 51.2 Å². The van der Waals surface area contributed by atoms with Crippen molar-refractivity contribution >= 4 is 22.9 Å². The second kappa shape index (κ2) is 7.53. The van der Waals surface area contributed by atoms with Gasteiger partial charge in [0.1, 0.15) is 12.4 Å². The van der Waals surface area contributed by atoms with Crippen LogP contribution in [0.1, 0.15) is 17.4 Å². The van der Waals surface area contributed by atoms with E-state index in [1.54, 1.807) is 11.3 Å². The maximum atomic E-state index is 5.87. The first-order valence-electron chi connectivity index (χ1n) is 6.44. The molecule has 1 heterocycles. The Hall–Kier alpha value is -1.03. The van der Waals surface area contributed by atoms with Gasteiger partial charge in [-0.3, -0.25) is 0 Å². The third-order valence-corrected chi connectivity index (χ3v) is 4.04. The van der Waals surface area contributed by atoms with Gasteiger partial charge in [-0.25, -0.2) is 0 Å². The number of aryl methyl sites for hydroxylation is 1. The van der Waals surface area contributed by atoms with Crippen molar-refractivity contribution in [3.63, 3.8) is 0 Å². The number of hydrogen-bond donors (Lipinski definition) is 1. The molecule has 0 radical (unpaired) electrons. The highest BCUT2D eigenvalue weighted by atomic mass is 35.5. The van der Waals surface area contributed by atoms with Crippen LogP contribution in [-0.4, -0.2) is 13.2 Å². The average molecular weight is 296 g/mol. The SMILES string of the molecule is CCc1ccc(OCCNCc2ccc(Cl)s2)cc1. The molecule has 1 N–H and O–H groups in total. The van der Waals surface area contributed by atoms with Crippen LogP contribution >= 0.6 is 22.9 Å². The third-order valence-electron chi connectivity index (χ3n) is 2.81. The molecular weight excluding hydrogens is 278 g/mol. The topological polar surface area (TPSA) is 21.3 Å². The Morgan fingerprint density at radius 2 is 1.95 bits per heavy atom. The standard InChI is InChI=1S/C15H18ClNOS/c1-2-12-3-5-13(6-4-12)18-10-9-17-11-14-7-8-15(16)19-14/h3-8,17H,2,9-11H2,1H3. The summed E-state index contributed by atoms with van der Waals surface area (Å²) < 4.78 is 6.50. The first kappa shape index (κ1) is 14.4. The van der Waals surface area contributed by atoms with Crippen LogP contribution in [0.4, 0.5) is 0 Å². The van der Waals surface area contributed by atoms with Crippen LogP contribution in [0.3, 0.4) is 0 Å². The van der Waals surface area contributed by atoms with Crippen molar-refractivity contribution in [2.45, 2.75) is 19.9 Å². The fourth-order valence-electron chi connectivity index (χ4n) is 1.72.